The van der Waals surface area contributed by atoms with Crippen molar-refractivity contribution in [3.8, 4) is 0 Å². The molecule has 2 unspecified atom stereocenters. The van der Waals surface area contributed by atoms with E-state index in [0.29, 0.717) is 11.4 Å². The third-order valence-electron chi connectivity index (χ3n) is 4.45. The van der Waals surface area contributed by atoms with Gasteiger partial charge < -0.3 is 5.11 Å². The van der Waals surface area contributed by atoms with Crippen LogP contribution in [0.2, 0.25) is 0 Å². The minimum atomic E-state index is -3.61. The Morgan fingerprint density at radius 3 is 2.65 bits per heavy atom. The van der Waals surface area contributed by atoms with Crippen LogP contribution in [0.15, 0.2) is 4.90 Å². The van der Waals surface area contributed by atoms with Crippen molar-refractivity contribution in [2.75, 3.05) is 6.61 Å². The average molecular weight is 301 g/mol. The van der Waals surface area contributed by atoms with Crippen molar-refractivity contribution in [1.29, 1.82) is 0 Å². The molecular weight excluding hydrogens is 278 g/mol. The number of sulfonamides is 1. The summed E-state index contributed by atoms with van der Waals surface area (Å²) in [6, 6.07) is -0.225. The lowest BCUT2D eigenvalue weighted by atomic mass is 9.86. The zero-order chi connectivity index (χ0) is 15.1. The summed E-state index contributed by atoms with van der Waals surface area (Å²) < 4.78 is 29.5. The molecule has 2 N–H and O–H groups in total. The number of aryl methyl sites for hydroxylation is 2. The molecule has 1 heterocycles. The van der Waals surface area contributed by atoms with E-state index in [1.807, 2.05) is 6.92 Å². The summed E-state index contributed by atoms with van der Waals surface area (Å²) in [5.74, 6) is 0. The minimum Gasteiger partial charge on any atom is -0.396 e. The molecule has 2 rings (SSSR count). The molecule has 114 valence electrons. The highest BCUT2D eigenvalue weighted by Crippen LogP contribution is 2.38. The van der Waals surface area contributed by atoms with Crippen LogP contribution in [-0.2, 0) is 17.1 Å². The molecule has 0 aromatic carbocycles. The summed E-state index contributed by atoms with van der Waals surface area (Å²) in [6.07, 6.45) is 2.52. The van der Waals surface area contributed by atoms with Crippen LogP contribution in [0.1, 0.15) is 37.6 Å². The number of hydrogen-bond acceptors (Lipinski definition) is 4. The number of aromatic nitrogens is 2. The van der Waals surface area contributed by atoms with Crippen LogP contribution in [-0.4, -0.2) is 36.0 Å². The van der Waals surface area contributed by atoms with Crippen molar-refractivity contribution >= 4 is 10.0 Å². The van der Waals surface area contributed by atoms with Gasteiger partial charge in [-0.1, -0.05) is 13.3 Å². The molecule has 1 aromatic heterocycles. The SMILES string of the molecule is Cc1nn(C)c(C)c1S(=O)(=O)NC1CCCC1(C)CO. The highest BCUT2D eigenvalue weighted by Gasteiger charge is 2.41. The van der Waals surface area contributed by atoms with Gasteiger partial charge in [0, 0.05) is 25.1 Å². The fourth-order valence-electron chi connectivity index (χ4n) is 3.01. The van der Waals surface area contributed by atoms with Gasteiger partial charge in [0.1, 0.15) is 4.90 Å². The molecule has 0 spiro atoms. The Balaban J connectivity index is 2.33. The lowest BCUT2D eigenvalue weighted by Gasteiger charge is -2.29. The topological polar surface area (TPSA) is 84.2 Å². The van der Waals surface area contributed by atoms with Crippen molar-refractivity contribution in [3.05, 3.63) is 11.4 Å². The number of nitrogens with zero attached hydrogens (tertiary/aromatic N) is 2. The van der Waals surface area contributed by atoms with Gasteiger partial charge in [0.25, 0.3) is 0 Å². The summed E-state index contributed by atoms with van der Waals surface area (Å²) >= 11 is 0. The van der Waals surface area contributed by atoms with Crippen LogP contribution < -0.4 is 4.72 Å². The molecule has 7 heteroatoms. The zero-order valence-electron chi connectivity index (χ0n) is 12.5. The number of nitrogens with one attached hydrogen (secondary N) is 1. The standard InChI is InChI=1S/C13H23N3O3S/c1-9-12(10(2)16(4)14-9)20(18,19)15-11-6-5-7-13(11,3)8-17/h11,15,17H,5-8H2,1-4H3. The Labute approximate surface area is 120 Å². The van der Waals surface area contributed by atoms with E-state index >= 15 is 0 Å². The Morgan fingerprint density at radius 2 is 2.15 bits per heavy atom. The van der Waals surface area contributed by atoms with E-state index in [1.165, 1.54) is 0 Å². The Kier molecular flexibility index (Phi) is 3.96. The predicted molar refractivity (Wildman–Crippen MR) is 75.8 cm³/mol. The van der Waals surface area contributed by atoms with E-state index in [4.69, 9.17) is 0 Å². The summed E-state index contributed by atoms with van der Waals surface area (Å²) in [7, 11) is -1.88. The molecule has 6 nitrogen and oxygen atoms in total. The first-order chi connectivity index (χ1) is 9.21. The molecule has 2 atom stereocenters. The van der Waals surface area contributed by atoms with Crippen molar-refractivity contribution < 1.29 is 13.5 Å². The van der Waals surface area contributed by atoms with E-state index in [0.717, 1.165) is 19.3 Å². The van der Waals surface area contributed by atoms with Crippen LogP contribution in [0.25, 0.3) is 0 Å². The van der Waals surface area contributed by atoms with Gasteiger partial charge in [-0.2, -0.15) is 5.10 Å². The van der Waals surface area contributed by atoms with Gasteiger partial charge in [0.15, 0.2) is 0 Å². The van der Waals surface area contributed by atoms with Crippen LogP contribution in [0.3, 0.4) is 0 Å². The predicted octanol–water partition coefficient (Wildman–Crippen LogP) is 0.866. The first-order valence-corrected chi connectivity index (χ1v) is 8.33. The van der Waals surface area contributed by atoms with Gasteiger partial charge in [-0.05, 0) is 26.7 Å². The molecule has 1 aliphatic carbocycles. The third kappa shape index (κ3) is 2.49. The minimum absolute atomic E-state index is 0.00874. The summed E-state index contributed by atoms with van der Waals surface area (Å²) in [6.45, 7) is 5.36. The molecule has 0 saturated heterocycles. The average Bonchev–Trinajstić information content (AvgIpc) is 2.82. The fraction of sp³-hybridized carbons (Fsp3) is 0.769. The van der Waals surface area contributed by atoms with Gasteiger partial charge in [0.2, 0.25) is 10.0 Å². The molecule has 0 bridgehead atoms. The van der Waals surface area contributed by atoms with Crippen molar-refractivity contribution in [1.82, 2.24) is 14.5 Å². The summed E-state index contributed by atoms with van der Waals surface area (Å²) in [5, 5.41) is 13.7. The normalized spacial score (nSPS) is 27.1. The molecule has 0 aliphatic heterocycles. The van der Waals surface area contributed by atoms with Crippen molar-refractivity contribution in [3.63, 3.8) is 0 Å². The molecule has 0 radical (unpaired) electrons. The van der Waals surface area contributed by atoms with Crippen molar-refractivity contribution in [2.45, 2.75) is 51.0 Å². The van der Waals surface area contributed by atoms with Gasteiger partial charge >= 0.3 is 0 Å². The number of aliphatic hydroxyl groups is 1. The van der Waals surface area contributed by atoms with E-state index in [9.17, 15) is 13.5 Å². The summed E-state index contributed by atoms with van der Waals surface area (Å²) in [5.41, 5.74) is 0.747. The summed E-state index contributed by atoms with van der Waals surface area (Å²) in [4.78, 5) is 0.257. The van der Waals surface area contributed by atoms with E-state index in [-0.39, 0.29) is 23.0 Å². The van der Waals surface area contributed by atoms with E-state index in [2.05, 4.69) is 9.82 Å². The first kappa shape index (κ1) is 15.5. The van der Waals surface area contributed by atoms with Crippen LogP contribution in [0.4, 0.5) is 0 Å². The van der Waals surface area contributed by atoms with E-state index < -0.39 is 10.0 Å². The second-order valence-corrected chi connectivity index (χ2v) is 7.65. The highest BCUT2D eigenvalue weighted by molar-refractivity contribution is 7.89. The van der Waals surface area contributed by atoms with Crippen molar-refractivity contribution in [2.24, 2.45) is 12.5 Å². The van der Waals surface area contributed by atoms with Crippen LogP contribution in [0, 0.1) is 19.3 Å². The lowest BCUT2D eigenvalue weighted by Crippen LogP contribution is -2.44. The molecular formula is C13H23N3O3S. The number of hydrogen-bond donors (Lipinski definition) is 2. The number of rotatable bonds is 4. The molecule has 20 heavy (non-hydrogen) atoms. The zero-order valence-corrected chi connectivity index (χ0v) is 13.3. The first-order valence-electron chi connectivity index (χ1n) is 6.84. The Hall–Kier alpha value is -0.920. The van der Waals surface area contributed by atoms with E-state index in [1.54, 1.807) is 25.6 Å². The maximum atomic E-state index is 12.6. The lowest BCUT2D eigenvalue weighted by molar-refractivity contribution is 0.127. The van der Waals surface area contributed by atoms with Crippen LogP contribution >= 0.6 is 0 Å². The van der Waals surface area contributed by atoms with Gasteiger partial charge in [0.05, 0.1) is 11.4 Å². The smallest absolute Gasteiger partial charge is 0.244 e. The quantitative estimate of drug-likeness (QED) is 0.864. The van der Waals surface area contributed by atoms with Crippen LogP contribution in [0.5, 0.6) is 0 Å². The molecule has 1 fully saturated rings. The second kappa shape index (κ2) is 5.13. The maximum Gasteiger partial charge on any atom is 0.244 e. The van der Waals surface area contributed by atoms with Gasteiger partial charge in [-0.25, -0.2) is 13.1 Å². The monoisotopic (exact) mass is 301 g/mol. The highest BCUT2D eigenvalue weighted by atomic mass is 32.2. The number of aliphatic hydroxyl groups excluding tert-OH is 1. The molecule has 1 aromatic rings. The Bertz CT molecular complexity index is 609. The molecule has 1 saturated carbocycles. The second-order valence-electron chi connectivity index (χ2n) is 6.00. The van der Waals surface area contributed by atoms with Gasteiger partial charge in [-0.15, -0.1) is 0 Å². The molecule has 0 amide bonds. The fourth-order valence-corrected chi connectivity index (χ4v) is 4.86. The molecule has 1 aliphatic rings. The third-order valence-corrected chi connectivity index (χ3v) is 6.18. The largest absolute Gasteiger partial charge is 0.396 e. The maximum absolute atomic E-state index is 12.6. The Morgan fingerprint density at radius 1 is 1.50 bits per heavy atom. The van der Waals surface area contributed by atoms with Gasteiger partial charge in [-0.3, -0.25) is 4.68 Å².